The van der Waals surface area contributed by atoms with Crippen molar-refractivity contribution in [2.75, 3.05) is 19.8 Å². The molecule has 1 atom stereocenters. The van der Waals surface area contributed by atoms with Crippen LogP contribution in [-0.4, -0.2) is 25.9 Å². The van der Waals surface area contributed by atoms with Gasteiger partial charge < -0.3 is 9.47 Å². The Morgan fingerprint density at radius 2 is 1.83 bits per heavy atom. The third kappa shape index (κ3) is 1.99. The van der Waals surface area contributed by atoms with E-state index < -0.39 is 0 Å². The van der Waals surface area contributed by atoms with E-state index in [0.717, 1.165) is 19.8 Å². The second kappa shape index (κ2) is 4.24. The summed E-state index contributed by atoms with van der Waals surface area (Å²) in [6.45, 7) is 2.37. The molecule has 0 aromatic heterocycles. The minimum absolute atomic E-state index is 0.332. The maximum absolute atomic E-state index is 5.66. The summed E-state index contributed by atoms with van der Waals surface area (Å²) in [4.78, 5) is 0. The summed E-state index contributed by atoms with van der Waals surface area (Å²) in [5.74, 6) is 1.60. The van der Waals surface area contributed by atoms with Gasteiger partial charge in [-0.1, -0.05) is 19.3 Å². The molecular weight excluding hydrogens is 152 g/mol. The summed E-state index contributed by atoms with van der Waals surface area (Å²) < 4.78 is 11.0. The van der Waals surface area contributed by atoms with Crippen LogP contribution in [0.25, 0.3) is 0 Å². The average Bonchev–Trinajstić information content (AvgIpc) is 2.21. The fraction of sp³-hybridized carbons (Fsp3) is 0.900. The Hall–Kier alpha value is -0.0800. The van der Waals surface area contributed by atoms with Gasteiger partial charge in [0.05, 0.1) is 25.9 Å². The van der Waals surface area contributed by atoms with Crippen molar-refractivity contribution < 1.29 is 9.47 Å². The van der Waals surface area contributed by atoms with E-state index in [0.29, 0.717) is 6.10 Å². The Kier molecular flexibility index (Phi) is 3.01. The molecule has 2 nitrogen and oxygen atoms in total. The SMILES string of the molecule is C1CC[C](C2COCCO2)CC1. The third-order valence-electron chi connectivity index (χ3n) is 2.77. The number of hydrogen-bond acceptors (Lipinski definition) is 2. The lowest BCUT2D eigenvalue weighted by Gasteiger charge is -2.32. The van der Waals surface area contributed by atoms with Gasteiger partial charge >= 0.3 is 0 Å². The van der Waals surface area contributed by atoms with Crippen LogP contribution in [0.3, 0.4) is 0 Å². The molecule has 12 heavy (non-hydrogen) atoms. The van der Waals surface area contributed by atoms with Crippen LogP contribution in [0.1, 0.15) is 32.1 Å². The molecule has 0 spiro atoms. The van der Waals surface area contributed by atoms with E-state index in [-0.39, 0.29) is 0 Å². The van der Waals surface area contributed by atoms with Gasteiger partial charge in [0.2, 0.25) is 0 Å². The zero-order valence-electron chi connectivity index (χ0n) is 7.55. The molecule has 2 heteroatoms. The van der Waals surface area contributed by atoms with E-state index >= 15 is 0 Å². The van der Waals surface area contributed by atoms with Gasteiger partial charge in [-0.25, -0.2) is 0 Å². The summed E-state index contributed by atoms with van der Waals surface area (Å²) in [7, 11) is 0. The van der Waals surface area contributed by atoms with E-state index in [1.165, 1.54) is 32.1 Å². The predicted molar refractivity (Wildman–Crippen MR) is 46.9 cm³/mol. The van der Waals surface area contributed by atoms with Crippen molar-refractivity contribution in [1.29, 1.82) is 0 Å². The van der Waals surface area contributed by atoms with Crippen LogP contribution in [0, 0.1) is 5.92 Å². The highest BCUT2D eigenvalue weighted by atomic mass is 16.6. The molecule has 0 N–H and O–H groups in total. The average molecular weight is 169 g/mol. The first-order valence-electron chi connectivity index (χ1n) is 5.01. The third-order valence-corrected chi connectivity index (χ3v) is 2.77. The summed E-state index contributed by atoms with van der Waals surface area (Å²) in [6.07, 6.45) is 6.99. The van der Waals surface area contributed by atoms with Crippen molar-refractivity contribution in [3.63, 3.8) is 0 Å². The van der Waals surface area contributed by atoms with Gasteiger partial charge in [-0.2, -0.15) is 0 Å². The van der Waals surface area contributed by atoms with Crippen LogP contribution >= 0.6 is 0 Å². The maximum atomic E-state index is 5.66. The Bertz CT molecular complexity index is 108. The molecule has 1 heterocycles. The quantitative estimate of drug-likeness (QED) is 0.597. The maximum Gasteiger partial charge on any atom is 0.0871 e. The monoisotopic (exact) mass is 169 g/mol. The summed E-state index contributed by atoms with van der Waals surface area (Å²) in [5, 5.41) is 0. The molecule has 2 rings (SSSR count). The van der Waals surface area contributed by atoms with Crippen molar-refractivity contribution in [2.24, 2.45) is 0 Å². The summed E-state index contributed by atoms with van der Waals surface area (Å²) in [5.41, 5.74) is 0. The summed E-state index contributed by atoms with van der Waals surface area (Å²) in [6, 6.07) is 0. The Morgan fingerprint density at radius 1 is 1.00 bits per heavy atom. The molecule has 1 aliphatic heterocycles. The largest absolute Gasteiger partial charge is 0.376 e. The number of ether oxygens (including phenoxy) is 2. The molecule has 0 aromatic rings. The van der Waals surface area contributed by atoms with E-state index in [4.69, 9.17) is 9.47 Å². The van der Waals surface area contributed by atoms with Crippen LogP contribution < -0.4 is 0 Å². The van der Waals surface area contributed by atoms with Crippen molar-refractivity contribution >= 4 is 0 Å². The molecule has 2 aliphatic rings. The van der Waals surface area contributed by atoms with Gasteiger partial charge in [-0.3, -0.25) is 0 Å². The van der Waals surface area contributed by atoms with E-state index in [2.05, 4.69) is 0 Å². The first-order chi connectivity index (χ1) is 5.97. The molecule has 1 radical (unpaired) electrons. The normalized spacial score (nSPS) is 33.5. The Balaban J connectivity index is 1.80. The standard InChI is InChI=1S/C10H17O2/c1-2-4-9(5-3-1)10-8-11-6-7-12-10/h10H,1-8H2. The van der Waals surface area contributed by atoms with Gasteiger partial charge in [-0.15, -0.1) is 0 Å². The molecule has 69 valence electrons. The fourth-order valence-electron chi connectivity index (χ4n) is 2.05. The van der Waals surface area contributed by atoms with Gasteiger partial charge in [0.1, 0.15) is 0 Å². The first kappa shape index (κ1) is 8.52. The minimum Gasteiger partial charge on any atom is -0.376 e. The molecule has 0 bridgehead atoms. The van der Waals surface area contributed by atoms with Crippen LogP contribution in [0.5, 0.6) is 0 Å². The van der Waals surface area contributed by atoms with E-state index in [9.17, 15) is 0 Å². The fourth-order valence-corrected chi connectivity index (χ4v) is 2.05. The first-order valence-corrected chi connectivity index (χ1v) is 5.01. The molecule has 1 aliphatic carbocycles. The van der Waals surface area contributed by atoms with Gasteiger partial charge in [0, 0.05) is 5.92 Å². The van der Waals surface area contributed by atoms with E-state index in [1.807, 2.05) is 0 Å². The molecule has 0 aromatic carbocycles. The lowest BCUT2D eigenvalue weighted by Crippen LogP contribution is -2.34. The highest BCUT2D eigenvalue weighted by Crippen LogP contribution is 2.30. The predicted octanol–water partition coefficient (Wildman–Crippen LogP) is 1.94. The number of hydrogen-bond donors (Lipinski definition) is 0. The van der Waals surface area contributed by atoms with Gasteiger partial charge in [0.25, 0.3) is 0 Å². The highest BCUT2D eigenvalue weighted by Gasteiger charge is 2.26. The molecular formula is C10H17O2. The van der Waals surface area contributed by atoms with Crippen molar-refractivity contribution in [3.05, 3.63) is 5.92 Å². The number of rotatable bonds is 1. The van der Waals surface area contributed by atoms with Crippen LogP contribution in [0.4, 0.5) is 0 Å². The lowest BCUT2D eigenvalue weighted by atomic mass is 9.85. The van der Waals surface area contributed by atoms with E-state index in [1.54, 1.807) is 5.92 Å². The second-order valence-electron chi connectivity index (χ2n) is 3.65. The summed E-state index contributed by atoms with van der Waals surface area (Å²) >= 11 is 0. The topological polar surface area (TPSA) is 18.5 Å². The molecule has 1 saturated carbocycles. The molecule has 0 amide bonds. The molecule has 2 fully saturated rings. The minimum atomic E-state index is 0.332. The zero-order valence-corrected chi connectivity index (χ0v) is 7.55. The Labute approximate surface area is 74.2 Å². The van der Waals surface area contributed by atoms with Crippen LogP contribution in [-0.2, 0) is 9.47 Å². The lowest BCUT2D eigenvalue weighted by molar-refractivity contribution is -0.0849. The zero-order chi connectivity index (χ0) is 8.23. The van der Waals surface area contributed by atoms with Crippen LogP contribution in [0.2, 0.25) is 0 Å². The Morgan fingerprint density at radius 3 is 2.50 bits per heavy atom. The second-order valence-corrected chi connectivity index (χ2v) is 3.65. The van der Waals surface area contributed by atoms with Crippen LogP contribution in [0.15, 0.2) is 0 Å². The van der Waals surface area contributed by atoms with Gasteiger partial charge in [-0.05, 0) is 12.8 Å². The van der Waals surface area contributed by atoms with Crippen molar-refractivity contribution in [1.82, 2.24) is 0 Å². The molecule has 1 unspecified atom stereocenters. The smallest absolute Gasteiger partial charge is 0.0871 e. The van der Waals surface area contributed by atoms with Gasteiger partial charge in [0.15, 0.2) is 0 Å². The van der Waals surface area contributed by atoms with Crippen molar-refractivity contribution in [2.45, 2.75) is 38.2 Å². The molecule has 1 saturated heterocycles. The van der Waals surface area contributed by atoms with Crippen molar-refractivity contribution in [3.8, 4) is 0 Å². The highest BCUT2D eigenvalue weighted by molar-refractivity contribution is 5.00.